The lowest BCUT2D eigenvalue weighted by Crippen LogP contribution is -2.40. The molecule has 2 saturated heterocycles. The fourth-order valence-corrected chi connectivity index (χ4v) is 4.14. The van der Waals surface area contributed by atoms with Crippen LogP contribution in [0, 0.1) is 11.8 Å². The lowest BCUT2D eigenvalue weighted by molar-refractivity contribution is -0.151. The van der Waals surface area contributed by atoms with Gasteiger partial charge in [0.2, 0.25) is 5.91 Å². The number of aryl methyl sites for hydroxylation is 1. The van der Waals surface area contributed by atoms with Crippen LogP contribution in [-0.4, -0.2) is 36.7 Å². The van der Waals surface area contributed by atoms with E-state index in [1.54, 1.807) is 11.8 Å². The number of benzene rings is 1. The quantitative estimate of drug-likeness (QED) is 0.628. The molecule has 24 heavy (non-hydrogen) atoms. The van der Waals surface area contributed by atoms with Gasteiger partial charge in [-0.3, -0.25) is 9.59 Å². The summed E-state index contributed by atoms with van der Waals surface area (Å²) in [4.78, 5) is 27.1. The summed E-state index contributed by atoms with van der Waals surface area (Å²) in [6.07, 6.45) is 4.47. The Morgan fingerprint density at radius 3 is 2.75 bits per heavy atom. The molecule has 1 aromatic carbocycles. The highest BCUT2D eigenvalue weighted by atomic mass is 16.6. The normalized spacial score (nSPS) is 33.2. The van der Waals surface area contributed by atoms with Crippen LogP contribution in [0.3, 0.4) is 0 Å². The zero-order valence-corrected chi connectivity index (χ0v) is 13.9. The van der Waals surface area contributed by atoms with Crippen molar-refractivity contribution < 1.29 is 19.1 Å². The van der Waals surface area contributed by atoms with Crippen LogP contribution in [0.2, 0.25) is 0 Å². The van der Waals surface area contributed by atoms with E-state index in [1.807, 2.05) is 36.4 Å². The molecule has 3 aliphatic heterocycles. The molecule has 2 fully saturated rings. The zero-order valence-electron chi connectivity index (χ0n) is 13.9. The number of nitrogens with zero attached hydrogens (tertiary/aromatic N) is 1. The van der Waals surface area contributed by atoms with Gasteiger partial charge < -0.3 is 14.4 Å². The maximum Gasteiger partial charge on any atom is 0.312 e. The first-order valence-corrected chi connectivity index (χ1v) is 8.54. The zero-order chi connectivity index (χ0) is 16.9. The Morgan fingerprint density at radius 2 is 2.08 bits per heavy atom. The van der Waals surface area contributed by atoms with Gasteiger partial charge in [-0.25, -0.2) is 0 Å². The number of anilines is 1. The Labute approximate surface area is 141 Å². The van der Waals surface area contributed by atoms with E-state index in [4.69, 9.17) is 9.47 Å². The van der Waals surface area contributed by atoms with E-state index in [0.717, 1.165) is 12.1 Å². The molecule has 4 rings (SSSR count). The highest BCUT2D eigenvalue weighted by molar-refractivity contribution is 6.02. The second-order valence-corrected chi connectivity index (χ2v) is 6.60. The molecule has 0 unspecified atom stereocenters. The van der Waals surface area contributed by atoms with Crippen molar-refractivity contribution in [1.82, 2.24) is 0 Å². The molecule has 0 aromatic heterocycles. The third-order valence-corrected chi connectivity index (χ3v) is 5.32. The Hall–Kier alpha value is -2.14. The molecule has 1 spiro atoms. The Kier molecular flexibility index (Phi) is 3.49. The lowest BCUT2D eigenvalue weighted by atomic mass is 9.77. The number of amides is 1. The Balaban J connectivity index is 1.65. The van der Waals surface area contributed by atoms with Crippen molar-refractivity contribution in [2.45, 2.75) is 32.0 Å². The summed E-state index contributed by atoms with van der Waals surface area (Å²) < 4.78 is 11.2. The molecule has 4 atom stereocenters. The van der Waals surface area contributed by atoms with Gasteiger partial charge in [0.15, 0.2) is 0 Å². The van der Waals surface area contributed by atoms with Gasteiger partial charge in [0.1, 0.15) is 11.5 Å². The standard InChI is InChI=1S/C19H21NO4/c1-3-12-5-7-13(8-6-12)20-11-19-10-9-14(24-19)15(16(19)17(20)21)18(22)23-4-2/h5-10,14-16H,3-4,11H2,1-2H3/t14-,15+,16-,19-/m1/s1. The van der Waals surface area contributed by atoms with Crippen LogP contribution in [0.5, 0.6) is 0 Å². The van der Waals surface area contributed by atoms with Crippen LogP contribution in [0.4, 0.5) is 5.69 Å². The summed E-state index contributed by atoms with van der Waals surface area (Å²) in [6.45, 7) is 4.63. The maximum absolute atomic E-state index is 13.0. The number of ether oxygens (including phenoxy) is 2. The fraction of sp³-hybridized carbons (Fsp3) is 0.474. The van der Waals surface area contributed by atoms with Crippen LogP contribution < -0.4 is 4.90 Å². The van der Waals surface area contributed by atoms with Crippen molar-refractivity contribution in [2.75, 3.05) is 18.1 Å². The van der Waals surface area contributed by atoms with Crippen LogP contribution in [0.25, 0.3) is 0 Å². The van der Waals surface area contributed by atoms with Gasteiger partial charge in [-0.1, -0.05) is 31.2 Å². The largest absolute Gasteiger partial charge is 0.466 e. The predicted octanol–water partition coefficient (Wildman–Crippen LogP) is 2.10. The van der Waals surface area contributed by atoms with Crippen molar-refractivity contribution in [3.05, 3.63) is 42.0 Å². The van der Waals surface area contributed by atoms with Crippen molar-refractivity contribution >= 4 is 17.6 Å². The number of carbonyl (C=O) groups excluding carboxylic acids is 2. The molecule has 0 aliphatic carbocycles. The smallest absolute Gasteiger partial charge is 0.312 e. The first-order chi connectivity index (χ1) is 11.6. The first-order valence-electron chi connectivity index (χ1n) is 8.54. The minimum atomic E-state index is -0.692. The van der Waals surface area contributed by atoms with E-state index in [2.05, 4.69) is 6.92 Å². The number of hydrogen-bond donors (Lipinski definition) is 0. The molecule has 0 radical (unpaired) electrons. The number of hydrogen-bond acceptors (Lipinski definition) is 4. The van der Waals surface area contributed by atoms with Gasteiger partial charge in [-0.15, -0.1) is 0 Å². The molecule has 5 heteroatoms. The minimum Gasteiger partial charge on any atom is -0.466 e. The third-order valence-electron chi connectivity index (χ3n) is 5.32. The van der Waals surface area contributed by atoms with Crippen molar-refractivity contribution in [3.63, 3.8) is 0 Å². The van der Waals surface area contributed by atoms with Gasteiger partial charge in [0, 0.05) is 5.69 Å². The Morgan fingerprint density at radius 1 is 1.33 bits per heavy atom. The summed E-state index contributed by atoms with van der Waals surface area (Å²) in [7, 11) is 0. The third kappa shape index (κ3) is 2.04. The average molecular weight is 327 g/mol. The molecule has 126 valence electrons. The number of fused-ring (bicyclic) bond motifs is 1. The molecular weight excluding hydrogens is 306 g/mol. The molecule has 0 saturated carbocycles. The summed E-state index contributed by atoms with van der Waals surface area (Å²) in [5.74, 6) is -1.42. The topological polar surface area (TPSA) is 55.8 Å². The molecule has 1 amide bonds. The van der Waals surface area contributed by atoms with E-state index in [9.17, 15) is 9.59 Å². The van der Waals surface area contributed by atoms with E-state index in [1.165, 1.54) is 5.56 Å². The number of carbonyl (C=O) groups is 2. The van der Waals surface area contributed by atoms with Gasteiger partial charge in [-0.2, -0.15) is 0 Å². The molecular formula is C19H21NO4. The minimum absolute atomic E-state index is 0.0517. The maximum atomic E-state index is 13.0. The fourth-order valence-electron chi connectivity index (χ4n) is 4.14. The van der Waals surface area contributed by atoms with Crippen molar-refractivity contribution in [2.24, 2.45) is 11.8 Å². The lowest BCUT2D eigenvalue weighted by Gasteiger charge is -2.22. The highest BCUT2D eigenvalue weighted by Gasteiger charge is 2.67. The molecule has 3 heterocycles. The number of rotatable bonds is 4. The summed E-state index contributed by atoms with van der Waals surface area (Å²) in [6, 6.07) is 7.99. The number of esters is 1. The van der Waals surface area contributed by atoms with E-state index < -0.39 is 17.4 Å². The molecule has 2 bridgehead atoms. The molecule has 3 aliphatic rings. The monoisotopic (exact) mass is 327 g/mol. The van der Waals surface area contributed by atoms with Crippen molar-refractivity contribution in [1.29, 1.82) is 0 Å². The second-order valence-electron chi connectivity index (χ2n) is 6.60. The Bertz CT molecular complexity index is 711. The molecule has 5 nitrogen and oxygen atoms in total. The second kappa shape index (κ2) is 5.45. The van der Waals surface area contributed by atoms with E-state index in [0.29, 0.717) is 13.2 Å². The van der Waals surface area contributed by atoms with Gasteiger partial charge >= 0.3 is 5.97 Å². The predicted molar refractivity (Wildman–Crippen MR) is 88.5 cm³/mol. The first kappa shape index (κ1) is 15.4. The summed E-state index contributed by atoms with van der Waals surface area (Å²) >= 11 is 0. The average Bonchev–Trinajstić information content (AvgIpc) is 3.23. The van der Waals surface area contributed by atoms with Crippen LogP contribution >= 0.6 is 0 Å². The van der Waals surface area contributed by atoms with Crippen LogP contribution in [0.15, 0.2) is 36.4 Å². The van der Waals surface area contributed by atoms with Gasteiger partial charge in [0.05, 0.1) is 25.2 Å². The summed E-state index contributed by atoms with van der Waals surface area (Å²) in [5, 5.41) is 0. The summed E-state index contributed by atoms with van der Waals surface area (Å²) in [5.41, 5.74) is 1.39. The molecule has 0 N–H and O–H groups in total. The molecule has 1 aromatic rings. The van der Waals surface area contributed by atoms with Gasteiger partial charge in [-0.05, 0) is 31.0 Å². The van der Waals surface area contributed by atoms with E-state index >= 15 is 0 Å². The van der Waals surface area contributed by atoms with Crippen LogP contribution in [-0.2, 0) is 25.5 Å². The van der Waals surface area contributed by atoms with Crippen LogP contribution in [0.1, 0.15) is 19.4 Å². The highest BCUT2D eigenvalue weighted by Crippen LogP contribution is 2.52. The van der Waals surface area contributed by atoms with Gasteiger partial charge in [0.25, 0.3) is 0 Å². The SMILES string of the molecule is CCOC(=O)[C@H]1[C@H]2C=C[C@]3(CN(c4ccc(CC)cc4)C(=O)[C@@H]13)O2. The van der Waals surface area contributed by atoms with Crippen molar-refractivity contribution in [3.8, 4) is 0 Å². The van der Waals surface area contributed by atoms with E-state index in [-0.39, 0.29) is 18.0 Å².